The van der Waals surface area contributed by atoms with Crippen molar-refractivity contribution in [2.24, 2.45) is 0 Å². The molecule has 3 nitrogen and oxygen atoms in total. The number of ether oxygens (including phenoxy) is 1. The minimum Gasteiger partial charge on any atom is -0.378 e. The van der Waals surface area contributed by atoms with Crippen molar-refractivity contribution in [3.05, 3.63) is 16.1 Å². The predicted molar refractivity (Wildman–Crippen MR) is 71.5 cm³/mol. The number of aromatic nitrogens is 1. The number of thiazole rings is 1. The van der Waals surface area contributed by atoms with E-state index < -0.39 is 0 Å². The highest BCUT2D eigenvalue weighted by atomic mass is 32.1. The summed E-state index contributed by atoms with van der Waals surface area (Å²) in [5.41, 5.74) is 0. The summed E-state index contributed by atoms with van der Waals surface area (Å²) in [5.74, 6) is 0. The summed E-state index contributed by atoms with van der Waals surface area (Å²) in [7, 11) is 0. The van der Waals surface area contributed by atoms with Crippen LogP contribution in [0, 0.1) is 0 Å². The van der Waals surface area contributed by atoms with Gasteiger partial charge in [-0.15, -0.1) is 11.3 Å². The van der Waals surface area contributed by atoms with Gasteiger partial charge in [0.05, 0.1) is 12.1 Å². The fourth-order valence-corrected chi connectivity index (χ4v) is 2.99. The van der Waals surface area contributed by atoms with Crippen molar-refractivity contribution < 1.29 is 4.74 Å². The summed E-state index contributed by atoms with van der Waals surface area (Å²) in [5, 5.41) is 4.73. The van der Waals surface area contributed by atoms with Crippen molar-refractivity contribution in [1.29, 1.82) is 0 Å². The Balaban J connectivity index is 1.70. The Morgan fingerprint density at radius 3 is 3.18 bits per heavy atom. The third-order valence-corrected chi connectivity index (χ3v) is 4.56. The summed E-state index contributed by atoms with van der Waals surface area (Å²) < 4.78 is 5.61. The van der Waals surface area contributed by atoms with Gasteiger partial charge in [0, 0.05) is 17.7 Å². The average molecular weight is 254 g/mol. The highest BCUT2D eigenvalue weighted by Gasteiger charge is 2.16. The predicted octanol–water partition coefficient (Wildman–Crippen LogP) is 2.93. The molecule has 0 aromatic carbocycles. The Hall–Kier alpha value is -0.450. The van der Waals surface area contributed by atoms with Crippen molar-refractivity contribution in [2.45, 2.75) is 51.7 Å². The molecule has 0 saturated carbocycles. The second-order valence-electron chi connectivity index (χ2n) is 4.62. The molecular formula is C13H22N2OS. The molecule has 1 saturated heterocycles. The van der Waals surface area contributed by atoms with Crippen LogP contribution in [0.25, 0.3) is 0 Å². The van der Waals surface area contributed by atoms with Gasteiger partial charge in [-0.2, -0.15) is 0 Å². The molecule has 96 valence electrons. The van der Waals surface area contributed by atoms with E-state index in [4.69, 9.17) is 4.74 Å². The number of nitrogens with one attached hydrogen (secondary N) is 1. The molecule has 0 spiro atoms. The molecule has 2 unspecified atom stereocenters. The van der Waals surface area contributed by atoms with E-state index in [9.17, 15) is 0 Å². The minimum absolute atomic E-state index is 0.363. The zero-order valence-electron chi connectivity index (χ0n) is 10.7. The zero-order valence-corrected chi connectivity index (χ0v) is 11.6. The van der Waals surface area contributed by atoms with Crippen LogP contribution in [0.15, 0.2) is 6.20 Å². The molecule has 1 aromatic heterocycles. The Morgan fingerprint density at radius 2 is 2.53 bits per heavy atom. The lowest BCUT2D eigenvalue weighted by Gasteiger charge is -2.13. The molecule has 0 aliphatic carbocycles. The van der Waals surface area contributed by atoms with Crippen molar-refractivity contribution >= 4 is 11.3 Å². The SMILES string of the molecule is CCc1cnc(C(C)NCCC2CCCO2)s1. The van der Waals surface area contributed by atoms with Crippen molar-refractivity contribution in [3.63, 3.8) is 0 Å². The molecular weight excluding hydrogens is 232 g/mol. The number of hydrogen-bond acceptors (Lipinski definition) is 4. The molecule has 17 heavy (non-hydrogen) atoms. The van der Waals surface area contributed by atoms with Gasteiger partial charge in [-0.3, -0.25) is 0 Å². The first-order chi connectivity index (χ1) is 8.29. The van der Waals surface area contributed by atoms with Gasteiger partial charge in [0.1, 0.15) is 5.01 Å². The first-order valence-electron chi connectivity index (χ1n) is 6.59. The van der Waals surface area contributed by atoms with Gasteiger partial charge in [0.25, 0.3) is 0 Å². The molecule has 1 fully saturated rings. The van der Waals surface area contributed by atoms with Gasteiger partial charge in [0.2, 0.25) is 0 Å². The van der Waals surface area contributed by atoms with Crippen LogP contribution in [0.4, 0.5) is 0 Å². The first-order valence-corrected chi connectivity index (χ1v) is 7.41. The molecule has 2 heterocycles. The maximum absolute atomic E-state index is 5.61. The summed E-state index contributed by atoms with van der Waals surface area (Å²) in [6.45, 7) is 6.33. The van der Waals surface area contributed by atoms with Gasteiger partial charge < -0.3 is 10.1 Å². The topological polar surface area (TPSA) is 34.2 Å². The van der Waals surface area contributed by atoms with Crippen LogP contribution >= 0.6 is 11.3 Å². The molecule has 1 aromatic rings. The maximum Gasteiger partial charge on any atom is 0.109 e. The van der Waals surface area contributed by atoms with Crippen LogP contribution in [-0.4, -0.2) is 24.2 Å². The second kappa shape index (κ2) is 6.47. The number of aryl methyl sites for hydroxylation is 1. The fraction of sp³-hybridized carbons (Fsp3) is 0.769. The number of hydrogen-bond donors (Lipinski definition) is 1. The van der Waals surface area contributed by atoms with Gasteiger partial charge in [0.15, 0.2) is 0 Å². The second-order valence-corrected chi connectivity index (χ2v) is 5.76. The van der Waals surface area contributed by atoms with E-state index in [1.54, 1.807) is 0 Å². The van der Waals surface area contributed by atoms with Crippen LogP contribution in [0.5, 0.6) is 0 Å². The van der Waals surface area contributed by atoms with E-state index in [-0.39, 0.29) is 0 Å². The van der Waals surface area contributed by atoms with Crippen molar-refractivity contribution in [3.8, 4) is 0 Å². The molecule has 0 radical (unpaired) electrons. The lowest BCUT2D eigenvalue weighted by Crippen LogP contribution is -2.23. The molecule has 4 heteroatoms. The Bertz CT molecular complexity index is 334. The highest BCUT2D eigenvalue weighted by molar-refractivity contribution is 7.11. The first kappa shape index (κ1) is 13.0. The standard InChI is InChI=1S/C13H22N2OS/c1-3-12-9-15-13(17-12)10(2)14-7-6-11-5-4-8-16-11/h9-11,14H,3-8H2,1-2H3. The van der Waals surface area contributed by atoms with Gasteiger partial charge in [-0.1, -0.05) is 6.92 Å². The summed E-state index contributed by atoms with van der Waals surface area (Å²) >= 11 is 1.82. The van der Waals surface area contributed by atoms with Gasteiger partial charge >= 0.3 is 0 Å². The van der Waals surface area contributed by atoms with Crippen molar-refractivity contribution in [2.75, 3.05) is 13.2 Å². The molecule has 1 aliphatic rings. The Labute approximate surface area is 108 Å². The summed E-state index contributed by atoms with van der Waals surface area (Å²) in [6, 6.07) is 0.363. The van der Waals surface area contributed by atoms with Crippen LogP contribution in [-0.2, 0) is 11.2 Å². The fourth-order valence-electron chi connectivity index (χ4n) is 2.11. The minimum atomic E-state index is 0.363. The lowest BCUT2D eigenvalue weighted by molar-refractivity contribution is 0.103. The molecule has 1 aliphatic heterocycles. The average Bonchev–Trinajstić information content (AvgIpc) is 2.99. The molecule has 0 bridgehead atoms. The van der Waals surface area contributed by atoms with E-state index >= 15 is 0 Å². The van der Waals surface area contributed by atoms with E-state index in [1.165, 1.54) is 22.7 Å². The highest BCUT2D eigenvalue weighted by Crippen LogP contribution is 2.20. The van der Waals surface area contributed by atoms with Gasteiger partial charge in [-0.05, 0) is 39.2 Å². The monoisotopic (exact) mass is 254 g/mol. The van der Waals surface area contributed by atoms with Crippen molar-refractivity contribution in [1.82, 2.24) is 10.3 Å². The lowest BCUT2D eigenvalue weighted by atomic mass is 10.2. The number of nitrogens with zero attached hydrogens (tertiary/aromatic N) is 1. The maximum atomic E-state index is 5.61. The quantitative estimate of drug-likeness (QED) is 0.847. The molecule has 2 atom stereocenters. The summed E-state index contributed by atoms with van der Waals surface area (Å²) in [4.78, 5) is 5.83. The summed E-state index contributed by atoms with van der Waals surface area (Å²) in [6.07, 6.45) is 7.14. The largest absolute Gasteiger partial charge is 0.378 e. The van der Waals surface area contributed by atoms with Crippen LogP contribution in [0.1, 0.15) is 49.0 Å². The normalized spacial score (nSPS) is 21.9. The van der Waals surface area contributed by atoms with Crippen LogP contribution in [0.2, 0.25) is 0 Å². The molecule has 1 N–H and O–H groups in total. The van der Waals surface area contributed by atoms with Crippen LogP contribution < -0.4 is 5.32 Å². The third kappa shape index (κ3) is 3.76. The Morgan fingerprint density at radius 1 is 1.65 bits per heavy atom. The van der Waals surface area contributed by atoms with E-state index in [0.717, 1.165) is 26.0 Å². The molecule has 2 rings (SSSR count). The van der Waals surface area contributed by atoms with Crippen LogP contribution in [0.3, 0.4) is 0 Å². The zero-order chi connectivity index (χ0) is 12.1. The van der Waals surface area contributed by atoms with E-state index in [0.29, 0.717) is 12.1 Å². The third-order valence-electron chi connectivity index (χ3n) is 3.23. The Kier molecular flexibility index (Phi) is 4.95. The van der Waals surface area contributed by atoms with E-state index in [1.807, 2.05) is 17.5 Å². The van der Waals surface area contributed by atoms with Gasteiger partial charge in [-0.25, -0.2) is 4.98 Å². The molecule has 0 amide bonds. The smallest absolute Gasteiger partial charge is 0.109 e. The number of rotatable bonds is 6. The van der Waals surface area contributed by atoms with E-state index in [2.05, 4.69) is 24.1 Å².